The Morgan fingerprint density at radius 3 is 2.65 bits per heavy atom. The number of nitrogens with one attached hydrogen (secondary N) is 2. The van der Waals surface area contributed by atoms with Crippen LogP contribution in [0.5, 0.6) is 0 Å². The summed E-state index contributed by atoms with van der Waals surface area (Å²) in [5.41, 5.74) is 1.48. The van der Waals surface area contributed by atoms with Crippen molar-refractivity contribution in [3.8, 4) is 0 Å². The fourth-order valence-corrected chi connectivity index (χ4v) is 3.02. The molecule has 20 heavy (non-hydrogen) atoms. The zero-order valence-electron chi connectivity index (χ0n) is 10.4. The Hall–Kier alpha value is -2.41. The number of hydrogen-bond acceptors (Lipinski definition) is 4. The zero-order chi connectivity index (χ0) is 14.0. The maximum absolute atomic E-state index is 12.1. The lowest BCUT2D eigenvalue weighted by molar-refractivity contribution is 0.591. The first-order valence-corrected chi connectivity index (χ1v) is 7.46. The van der Waals surface area contributed by atoms with Gasteiger partial charge in [-0.3, -0.25) is 4.98 Å². The number of sulfonamides is 1. The summed E-state index contributed by atoms with van der Waals surface area (Å²) in [4.78, 5) is 8.38. The van der Waals surface area contributed by atoms with Gasteiger partial charge in [0.1, 0.15) is 4.90 Å². The van der Waals surface area contributed by atoms with E-state index in [1.807, 2.05) is 12.1 Å². The van der Waals surface area contributed by atoms with E-state index in [0.29, 0.717) is 12.2 Å². The van der Waals surface area contributed by atoms with Crippen LogP contribution in [-0.4, -0.2) is 19.4 Å². The molecule has 2 aromatic rings. The molecule has 0 saturated carbocycles. The minimum atomic E-state index is -3.55. The Bertz CT molecular complexity index is 757. The van der Waals surface area contributed by atoms with Gasteiger partial charge >= 0.3 is 0 Å². The Kier molecular flexibility index (Phi) is 3.11. The number of para-hydroxylation sites is 1. The molecule has 0 spiro atoms. The average molecular weight is 288 g/mol. The smallest absolute Gasteiger partial charge is 0.266 e. The fourth-order valence-electron chi connectivity index (χ4n) is 1.87. The van der Waals surface area contributed by atoms with Crippen LogP contribution in [0.1, 0.15) is 5.56 Å². The van der Waals surface area contributed by atoms with Gasteiger partial charge < -0.3 is 5.32 Å². The van der Waals surface area contributed by atoms with Gasteiger partial charge in [0.05, 0.1) is 12.2 Å². The van der Waals surface area contributed by atoms with Crippen LogP contribution in [-0.2, 0) is 16.6 Å². The van der Waals surface area contributed by atoms with E-state index < -0.39 is 10.0 Å². The molecular weight excluding hydrogens is 276 g/mol. The van der Waals surface area contributed by atoms with Gasteiger partial charge in [-0.15, -0.1) is 0 Å². The van der Waals surface area contributed by atoms with Crippen molar-refractivity contribution in [1.82, 2.24) is 9.71 Å². The molecule has 1 aromatic heterocycles. The van der Waals surface area contributed by atoms with Crippen LogP contribution >= 0.6 is 0 Å². The molecule has 6 nitrogen and oxygen atoms in total. The normalized spacial score (nSPS) is 17.9. The van der Waals surface area contributed by atoms with Crippen LogP contribution in [0.2, 0.25) is 0 Å². The number of aliphatic imine (C=N–C) groups is 1. The van der Waals surface area contributed by atoms with Gasteiger partial charge in [0.25, 0.3) is 10.0 Å². The monoisotopic (exact) mass is 288 g/mol. The number of rotatable bonds is 2. The molecule has 0 aliphatic carbocycles. The predicted molar refractivity (Wildman–Crippen MR) is 75.8 cm³/mol. The summed E-state index contributed by atoms with van der Waals surface area (Å²) in [5.74, 6) is 0.223. The third kappa shape index (κ3) is 2.48. The van der Waals surface area contributed by atoms with Gasteiger partial charge in [-0.1, -0.05) is 12.1 Å². The number of anilines is 1. The summed E-state index contributed by atoms with van der Waals surface area (Å²) in [6.45, 7) is 0.371. The summed E-state index contributed by atoms with van der Waals surface area (Å²) in [6, 6.07) is 10.4. The second kappa shape index (κ2) is 4.93. The van der Waals surface area contributed by atoms with Crippen molar-refractivity contribution in [3.05, 3.63) is 54.4 Å². The van der Waals surface area contributed by atoms with E-state index in [0.717, 1.165) is 5.56 Å². The van der Waals surface area contributed by atoms with Crippen LogP contribution < -0.4 is 10.0 Å². The third-order valence-corrected chi connectivity index (χ3v) is 4.23. The van der Waals surface area contributed by atoms with E-state index in [9.17, 15) is 8.42 Å². The third-order valence-electron chi connectivity index (χ3n) is 2.83. The maximum Gasteiger partial charge on any atom is 0.266 e. The van der Waals surface area contributed by atoms with Crippen molar-refractivity contribution in [3.63, 3.8) is 0 Å². The standard InChI is InChI=1S/C13H12N4O2S/c18-20(19)12-4-2-1-3-11(12)16-13(17-20)15-9-10-5-7-14-8-6-10/h1-8H,9H2,(H2,15,16,17). The zero-order valence-corrected chi connectivity index (χ0v) is 11.3. The summed E-state index contributed by atoms with van der Waals surface area (Å²) >= 11 is 0. The van der Waals surface area contributed by atoms with E-state index in [4.69, 9.17) is 0 Å². The minimum absolute atomic E-state index is 0.223. The first-order chi connectivity index (χ1) is 9.65. The molecule has 0 saturated heterocycles. The lowest BCUT2D eigenvalue weighted by Gasteiger charge is -2.21. The number of fused-ring (bicyclic) bond motifs is 1. The number of hydrogen-bond donors (Lipinski definition) is 2. The number of nitrogens with zero attached hydrogens (tertiary/aromatic N) is 2. The molecule has 0 unspecified atom stereocenters. The van der Waals surface area contributed by atoms with Crippen LogP contribution in [0.3, 0.4) is 0 Å². The summed E-state index contributed by atoms with van der Waals surface area (Å²) in [7, 11) is -3.55. The van der Waals surface area contributed by atoms with Crippen LogP contribution in [0, 0.1) is 0 Å². The highest BCUT2D eigenvalue weighted by Gasteiger charge is 2.25. The number of pyridine rings is 1. The summed E-state index contributed by atoms with van der Waals surface area (Å²) in [6.07, 6.45) is 3.34. The topological polar surface area (TPSA) is 83.5 Å². The fraction of sp³-hybridized carbons (Fsp3) is 0.0769. The Morgan fingerprint density at radius 2 is 1.85 bits per heavy atom. The summed E-state index contributed by atoms with van der Waals surface area (Å²) < 4.78 is 26.5. The molecule has 0 radical (unpaired) electrons. The second-order valence-corrected chi connectivity index (χ2v) is 5.90. The first-order valence-electron chi connectivity index (χ1n) is 5.97. The van der Waals surface area contributed by atoms with Crippen LogP contribution in [0.25, 0.3) is 0 Å². The van der Waals surface area contributed by atoms with E-state index >= 15 is 0 Å². The molecular formula is C13H12N4O2S. The average Bonchev–Trinajstić information content (AvgIpc) is 2.46. The summed E-state index contributed by atoms with van der Waals surface area (Å²) in [5, 5.41) is 2.97. The molecule has 2 N–H and O–H groups in total. The van der Waals surface area contributed by atoms with Gasteiger partial charge in [0.2, 0.25) is 5.96 Å². The molecule has 1 aromatic carbocycles. The Balaban J connectivity index is 1.88. The largest absolute Gasteiger partial charge is 0.324 e. The quantitative estimate of drug-likeness (QED) is 0.873. The second-order valence-electron chi connectivity index (χ2n) is 4.25. The number of guanidine groups is 1. The maximum atomic E-state index is 12.1. The van der Waals surface area contributed by atoms with Gasteiger partial charge in [0.15, 0.2) is 0 Å². The van der Waals surface area contributed by atoms with Crippen LogP contribution in [0.15, 0.2) is 58.7 Å². The molecule has 0 atom stereocenters. The van der Waals surface area contributed by atoms with Crippen molar-refractivity contribution in [2.45, 2.75) is 11.4 Å². The lowest BCUT2D eigenvalue weighted by Crippen LogP contribution is -2.40. The van der Waals surface area contributed by atoms with Crippen LogP contribution in [0.4, 0.5) is 5.69 Å². The molecule has 0 bridgehead atoms. The lowest BCUT2D eigenvalue weighted by atomic mass is 10.3. The number of benzene rings is 1. The van der Waals surface area contributed by atoms with Gasteiger partial charge in [-0.25, -0.2) is 18.1 Å². The van der Waals surface area contributed by atoms with Crippen molar-refractivity contribution in [1.29, 1.82) is 0 Å². The Labute approximate surface area is 116 Å². The predicted octanol–water partition coefficient (Wildman–Crippen LogP) is 1.34. The highest BCUT2D eigenvalue weighted by Crippen LogP contribution is 2.23. The molecule has 102 valence electrons. The molecule has 0 amide bonds. The molecule has 1 aliphatic rings. The van der Waals surface area contributed by atoms with E-state index in [1.54, 1.807) is 36.7 Å². The van der Waals surface area contributed by atoms with Crippen molar-refractivity contribution < 1.29 is 8.42 Å². The van der Waals surface area contributed by atoms with Gasteiger partial charge in [-0.05, 0) is 29.8 Å². The van der Waals surface area contributed by atoms with Gasteiger partial charge in [-0.2, -0.15) is 0 Å². The van der Waals surface area contributed by atoms with E-state index in [1.165, 1.54) is 0 Å². The highest BCUT2D eigenvalue weighted by atomic mass is 32.2. The SMILES string of the molecule is O=S1(=O)NC(=NCc2ccncc2)Nc2ccccc21. The van der Waals surface area contributed by atoms with Gasteiger partial charge in [0, 0.05) is 12.4 Å². The molecule has 3 rings (SSSR count). The van der Waals surface area contributed by atoms with Crippen molar-refractivity contribution in [2.75, 3.05) is 5.32 Å². The molecule has 1 aliphatic heterocycles. The highest BCUT2D eigenvalue weighted by molar-refractivity contribution is 7.90. The van der Waals surface area contributed by atoms with E-state index in [2.05, 4.69) is 20.0 Å². The van der Waals surface area contributed by atoms with E-state index in [-0.39, 0.29) is 10.9 Å². The Morgan fingerprint density at radius 1 is 1.10 bits per heavy atom. The molecule has 7 heteroatoms. The first kappa shape index (κ1) is 12.6. The van der Waals surface area contributed by atoms with Crippen molar-refractivity contribution in [2.24, 2.45) is 4.99 Å². The minimum Gasteiger partial charge on any atom is -0.324 e. The molecule has 2 heterocycles. The van der Waals surface area contributed by atoms with Crippen molar-refractivity contribution >= 4 is 21.7 Å². The molecule has 0 fully saturated rings. The number of aromatic nitrogens is 1.